The van der Waals surface area contributed by atoms with Crippen LogP contribution in [0.4, 0.5) is 9.52 Å². The summed E-state index contributed by atoms with van der Waals surface area (Å²) in [6.45, 7) is 1.53. The third kappa shape index (κ3) is 4.44. The molecule has 30 heavy (non-hydrogen) atoms. The van der Waals surface area contributed by atoms with Gasteiger partial charge in [-0.15, -0.1) is 11.3 Å². The van der Waals surface area contributed by atoms with Gasteiger partial charge in [-0.1, -0.05) is 34.8 Å². The lowest BCUT2D eigenvalue weighted by molar-refractivity contribution is 0.385. The number of hydrogen-bond donors (Lipinski definition) is 0. The molecule has 0 aliphatic carbocycles. The molecule has 0 amide bonds. The van der Waals surface area contributed by atoms with Gasteiger partial charge in [0.15, 0.2) is 5.13 Å². The molecule has 2 aromatic carbocycles. The van der Waals surface area contributed by atoms with E-state index in [0.29, 0.717) is 47.5 Å². The fourth-order valence-corrected chi connectivity index (χ4v) is 6.47. The Kier molecular flexibility index (Phi) is 6.25. The summed E-state index contributed by atoms with van der Waals surface area (Å²) < 4.78 is 40.9. The fourth-order valence-electron chi connectivity index (χ4n) is 3.19. The number of sulfonamides is 1. The lowest BCUT2D eigenvalue weighted by Crippen LogP contribution is -2.48. The highest BCUT2D eigenvalue weighted by Gasteiger charge is 2.31. The Morgan fingerprint density at radius 1 is 0.967 bits per heavy atom. The van der Waals surface area contributed by atoms with Gasteiger partial charge in [-0.25, -0.2) is 17.8 Å². The second kappa shape index (κ2) is 8.61. The number of hydrogen-bond acceptors (Lipinski definition) is 5. The van der Waals surface area contributed by atoms with Crippen LogP contribution in [0.3, 0.4) is 0 Å². The number of piperazine rings is 1. The van der Waals surface area contributed by atoms with Gasteiger partial charge in [-0.05, 0) is 36.4 Å². The van der Waals surface area contributed by atoms with Crippen LogP contribution in [0.15, 0.2) is 46.7 Å². The normalized spacial score (nSPS) is 15.5. The number of halogens is 4. The van der Waals surface area contributed by atoms with Gasteiger partial charge in [0.2, 0.25) is 10.0 Å². The number of aromatic nitrogens is 1. The predicted octanol–water partition coefficient (Wildman–Crippen LogP) is 5.42. The molecule has 1 aliphatic rings. The molecular formula is C19H15Cl3FN3O2S2. The van der Waals surface area contributed by atoms with Crippen LogP contribution in [0.5, 0.6) is 0 Å². The minimum atomic E-state index is -3.72. The van der Waals surface area contributed by atoms with Crippen LogP contribution in [0.1, 0.15) is 0 Å². The molecule has 5 nitrogen and oxygen atoms in total. The number of thiazole rings is 1. The van der Waals surface area contributed by atoms with E-state index in [1.54, 1.807) is 6.07 Å². The van der Waals surface area contributed by atoms with Crippen LogP contribution in [0, 0.1) is 5.82 Å². The average molecular weight is 507 g/mol. The van der Waals surface area contributed by atoms with Crippen molar-refractivity contribution >= 4 is 61.3 Å². The lowest BCUT2D eigenvalue weighted by atomic mass is 10.2. The number of anilines is 1. The predicted molar refractivity (Wildman–Crippen MR) is 120 cm³/mol. The topological polar surface area (TPSA) is 53.5 Å². The fraction of sp³-hybridized carbons (Fsp3) is 0.211. The molecule has 1 fully saturated rings. The van der Waals surface area contributed by atoms with E-state index < -0.39 is 15.8 Å². The van der Waals surface area contributed by atoms with Crippen molar-refractivity contribution in [2.45, 2.75) is 4.90 Å². The molecule has 3 aromatic rings. The van der Waals surface area contributed by atoms with Crippen LogP contribution in [-0.2, 0) is 10.0 Å². The van der Waals surface area contributed by atoms with Crippen LogP contribution >= 0.6 is 46.1 Å². The highest BCUT2D eigenvalue weighted by Crippen LogP contribution is 2.32. The van der Waals surface area contributed by atoms with Crippen LogP contribution in [0.25, 0.3) is 11.3 Å². The van der Waals surface area contributed by atoms with Gasteiger partial charge in [0, 0.05) is 47.2 Å². The number of rotatable bonds is 4. The Labute approximate surface area is 192 Å². The van der Waals surface area contributed by atoms with Crippen LogP contribution in [0.2, 0.25) is 15.1 Å². The van der Waals surface area contributed by atoms with E-state index in [1.165, 1.54) is 46.0 Å². The van der Waals surface area contributed by atoms with Gasteiger partial charge >= 0.3 is 0 Å². The van der Waals surface area contributed by atoms with Crippen LogP contribution in [-0.4, -0.2) is 43.9 Å². The summed E-state index contributed by atoms with van der Waals surface area (Å²) in [5, 5.41) is 3.36. The molecule has 2 heterocycles. The largest absolute Gasteiger partial charge is 0.345 e. The van der Waals surface area contributed by atoms with Crippen molar-refractivity contribution in [1.29, 1.82) is 0 Å². The molecule has 0 atom stereocenters. The molecular weight excluding hydrogens is 492 g/mol. The molecule has 11 heteroatoms. The third-order valence-corrected chi connectivity index (χ3v) is 8.41. The van der Waals surface area contributed by atoms with Crippen molar-refractivity contribution in [2.75, 3.05) is 31.1 Å². The summed E-state index contributed by atoms with van der Waals surface area (Å²) >= 11 is 19.3. The van der Waals surface area contributed by atoms with Crippen molar-refractivity contribution < 1.29 is 12.8 Å². The monoisotopic (exact) mass is 505 g/mol. The summed E-state index contributed by atoms with van der Waals surface area (Å²) in [4.78, 5) is 6.62. The van der Waals surface area contributed by atoms with E-state index in [0.717, 1.165) is 5.13 Å². The van der Waals surface area contributed by atoms with Crippen molar-refractivity contribution in [2.24, 2.45) is 0 Å². The van der Waals surface area contributed by atoms with Gasteiger partial charge in [-0.3, -0.25) is 0 Å². The first-order valence-corrected chi connectivity index (χ1v) is 12.3. The van der Waals surface area contributed by atoms with Crippen molar-refractivity contribution in [3.8, 4) is 11.3 Å². The smallest absolute Gasteiger partial charge is 0.244 e. The second-order valence-corrected chi connectivity index (χ2v) is 10.7. The summed E-state index contributed by atoms with van der Waals surface area (Å²) in [6.07, 6.45) is 0. The van der Waals surface area contributed by atoms with Gasteiger partial charge in [0.1, 0.15) is 10.7 Å². The van der Waals surface area contributed by atoms with E-state index >= 15 is 0 Å². The summed E-state index contributed by atoms with van der Waals surface area (Å²) in [7, 11) is -3.72. The van der Waals surface area contributed by atoms with Crippen LogP contribution < -0.4 is 4.90 Å². The zero-order chi connectivity index (χ0) is 21.5. The molecule has 4 rings (SSSR count). The summed E-state index contributed by atoms with van der Waals surface area (Å²) in [6, 6.07) is 8.62. The Hall–Kier alpha value is -1.42. The zero-order valence-electron chi connectivity index (χ0n) is 15.4. The van der Waals surface area contributed by atoms with Crippen molar-refractivity contribution in [3.63, 3.8) is 0 Å². The molecule has 0 spiro atoms. The minimum absolute atomic E-state index is 0.0431. The lowest BCUT2D eigenvalue weighted by Gasteiger charge is -2.33. The van der Waals surface area contributed by atoms with E-state index in [2.05, 4.69) is 4.98 Å². The van der Waals surface area contributed by atoms with Crippen molar-refractivity contribution in [3.05, 3.63) is 62.7 Å². The minimum Gasteiger partial charge on any atom is -0.345 e. The van der Waals surface area contributed by atoms with E-state index in [4.69, 9.17) is 34.8 Å². The summed E-state index contributed by atoms with van der Waals surface area (Å²) in [5.74, 6) is -0.424. The summed E-state index contributed by atoms with van der Waals surface area (Å²) in [5.41, 5.74) is 1.22. The second-order valence-electron chi connectivity index (χ2n) is 6.64. The highest BCUT2D eigenvalue weighted by molar-refractivity contribution is 7.89. The van der Waals surface area contributed by atoms with Crippen molar-refractivity contribution in [1.82, 2.24) is 9.29 Å². The molecule has 0 unspecified atom stereocenters. The first-order chi connectivity index (χ1) is 14.2. The van der Waals surface area contributed by atoms with Gasteiger partial charge in [0.05, 0.1) is 10.7 Å². The molecule has 1 aliphatic heterocycles. The molecule has 0 bridgehead atoms. The standard InChI is InChI=1S/C19H15Cl3FN3O2S2/c20-13-1-2-18(16(22)10-13)30(27,28)26-5-3-25(4-6-26)19-24-17(11-29-19)12-7-14(21)9-15(23)8-12/h1-2,7-11H,3-6H2. The van der Waals surface area contributed by atoms with E-state index in [1.807, 2.05) is 10.3 Å². The maximum absolute atomic E-state index is 13.6. The highest BCUT2D eigenvalue weighted by atomic mass is 35.5. The number of nitrogens with zero attached hydrogens (tertiary/aromatic N) is 3. The van der Waals surface area contributed by atoms with E-state index in [9.17, 15) is 12.8 Å². The molecule has 158 valence electrons. The Morgan fingerprint density at radius 3 is 2.37 bits per heavy atom. The molecule has 0 saturated carbocycles. The zero-order valence-corrected chi connectivity index (χ0v) is 19.3. The Balaban J connectivity index is 1.48. The van der Waals surface area contributed by atoms with Gasteiger partial charge in [0.25, 0.3) is 0 Å². The maximum Gasteiger partial charge on any atom is 0.244 e. The van der Waals surface area contributed by atoms with Gasteiger partial charge in [-0.2, -0.15) is 4.31 Å². The average Bonchev–Trinajstić information content (AvgIpc) is 3.17. The first-order valence-electron chi connectivity index (χ1n) is 8.86. The molecule has 1 saturated heterocycles. The maximum atomic E-state index is 13.6. The molecule has 1 aromatic heterocycles. The van der Waals surface area contributed by atoms with Gasteiger partial charge < -0.3 is 4.90 Å². The molecule has 0 radical (unpaired) electrons. The third-order valence-electron chi connectivity index (χ3n) is 4.67. The Bertz CT molecular complexity index is 1180. The first kappa shape index (κ1) is 21.8. The SMILES string of the molecule is O=S(=O)(c1ccc(Cl)cc1Cl)N1CCN(c2nc(-c3cc(F)cc(Cl)c3)cs2)CC1. The Morgan fingerprint density at radius 2 is 1.70 bits per heavy atom. The molecule has 0 N–H and O–H groups in total. The quantitative estimate of drug-likeness (QED) is 0.474. The number of benzene rings is 2. The van der Waals surface area contributed by atoms with E-state index in [-0.39, 0.29) is 9.92 Å².